The average Bonchev–Trinajstić information content (AvgIpc) is 3.42. The summed E-state index contributed by atoms with van der Waals surface area (Å²) in [4.78, 5) is 13.3. The van der Waals surface area contributed by atoms with E-state index in [-0.39, 0.29) is 18.9 Å². The molecule has 3 aliphatic heterocycles. The first kappa shape index (κ1) is 67.8. The second-order valence-electron chi connectivity index (χ2n) is 20.4. The zero-order chi connectivity index (χ0) is 55.5. The van der Waals surface area contributed by atoms with Crippen molar-refractivity contribution in [3.8, 4) is 0 Å². The van der Waals surface area contributed by atoms with E-state index in [1.54, 1.807) is 6.08 Å². The normalized spacial score (nSPS) is 31.4. The summed E-state index contributed by atoms with van der Waals surface area (Å²) in [5.41, 5.74) is 0. The molecular weight excluding hydrogens is 987 g/mol. The van der Waals surface area contributed by atoms with Gasteiger partial charge in [-0.2, -0.15) is 0 Å². The van der Waals surface area contributed by atoms with Gasteiger partial charge in [-0.15, -0.1) is 0 Å². The fourth-order valence-electron chi connectivity index (χ4n) is 9.25. The first-order chi connectivity index (χ1) is 36.8. The van der Waals surface area contributed by atoms with Crippen molar-refractivity contribution < 1.29 is 89.4 Å². The maximum atomic E-state index is 13.3. The van der Waals surface area contributed by atoms with Gasteiger partial charge in [0.1, 0.15) is 73.2 Å². The fourth-order valence-corrected chi connectivity index (χ4v) is 9.25. The molecule has 17 atom stereocenters. The molecule has 440 valence electrons. The predicted molar refractivity (Wildman–Crippen MR) is 286 cm³/mol. The summed E-state index contributed by atoms with van der Waals surface area (Å²) in [7, 11) is 0. The van der Waals surface area contributed by atoms with Crippen LogP contribution < -0.4 is 5.32 Å². The minimum Gasteiger partial charge on any atom is -0.394 e. The monoisotopic (exact) mass is 1090 g/mol. The average molecular weight is 1090 g/mol. The quantitative estimate of drug-likeness (QED) is 0.0304. The van der Waals surface area contributed by atoms with E-state index in [2.05, 4.69) is 67.8 Å². The topological polar surface area (TPSA) is 307 Å². The van der Waals surface area contributed by atoms with Crippen LogP contribution in [0.2, 0.25) is 0 Å². The molecule has 17 unspecified atom stereocenters. The van der Waals surface area contributed by atoms with Gasteiger partial charge in [-0.05, 0) is 77.0 Å². The maximum Gasteiger partial charge on any atom is 0.220 e. The van der Waals surface area contributed by atoms with Crippen LogP contribution >= 0.6 is 0 Å². The summed E-state index contributed by atoms with van der Waals surface area (Å²) < 4.78 is 34.1. The molecule has 1 amide bonds. The van der Waals surface area contributed by atoms with Gasteiger partial charge in [-0.25, -0.2) is 0 Å². The number of hydrogen-bond acceptors (Lipinski definition) is 18. The number of rotatable bonds is 40. The minimum absolute atomic E-state index is 0.220. The molecule has 3 saturated heterocycles. The Morgan fingerprint density at radius 3 is 1.42 bits per heavy atom. The molecule has 19 nitrogen and oxygen atoms in total. The number of aliphatic hydroxyl groups excluding tert-OH is 11. The highest BCUT2D eigenvalue weighted by atomic mass is 16.8. The molecule has 3 rings (SSSR count). The Bertz CT molecular complexity index is 1630. The van der Waals surface area contributed by atoms with Gasteiger partial charge in [-0.3, -0.25) is 4.79 Å². The second kappa shape index (κ2) is 40.6. The number of amides is 1. The van der Waals surface area contributed by atoms with Gasteiger partial charge in [0.15, 0.2) is 18.9 Å². The third kappa shape index (κ3) is 24.9. The van der Waals surface area contributed by atoms with Crippen molar-refractivity contribution in [2.24, 2.45) is 0 Å². The highest BCUT2D eigenvalue weighted by Gasteiger charge is 2.53. The van der Waals surface area contributed by atoms with Gasteiger partial charge in [0.25, 0.3) is 0 Å². The molecule has 3 fully saturated rings. The van der Waals surface area contributed by atoms with Gasteiger partial charge in [0, 0.05) is 6.42 Å². The van der Waals surface area contributed by atoms with Crippen molar-refractivity contribution in [2.45, 2.75) is 266 Å². The fraction of sp³-hybridized carbons (Fsp3) is 0.807. The largest absolute Gasteiger partial charge is 0.394 e. The van der Waals surface area contributed by atoms with E-state index in [1.807, 2.05) is 6.08 Å². The molecule has 3 aliphatic rings. The summed E-state index contributed by atoms with van der Waals surface area (Å²) in [6.07, 6.45) is 17.8. The van der Waals surface area contributed by atoms with E-state index in [0.717, 1.165) is 83.5 Å². The molecule has 0 saturated carbocycles. The zero-order valence-corrected chi connectivity index (χ0v) is 45.5. The molecule has 0 aromatic heterocycles. The maximum absolute atomic E-state index is 13.3. The van der Waals surface area contributed by atoms with Gasteiger partial charge in [0.2, 0.25) is 5.91 Å². The SMILES string of the molecule is CCCCC/C=C/CC/C=C/CC/C=C/C(O)C(COC1OC(CO)C(OC2OC(CO)C(OC3OC(CO)C(O)C(O)C3O)C(O)C2O)C(O)C1O)NC(=O)CCCCCCCCC/C=C\C/C=C\CCCCCC. The molecular formula is C57H99NO18. The van der Waals surface area contributed by atoms with Crippen molar-refractivity contribution in [1.29, 1.82) is 0 Å². The number of nitrogens with one attached hydrogen (secondary N) is 1. The van der Waals surface area contributed by atoms with E-state index in [9.17, 15) is 61.0 Å². The number of unbranched alkanes of at least 4 members (excludes halogenated alkanes) is 16. The number of carbonyl (C=O) groups excluding carboxylic acids is 1. The Hall–Kier alpha value is -2.51. The molecule has 0 aromatic carbocycles. The van der Waals surface area contributed by atoms with E-state index in [1.165, 1.54) is 44.9 Å². The van der Waals surface area contributed by atoms with Crippen LogP contribution in [0, 0.1) is 0 Å². The van der Waals surface area contributed by atoms with Crippen LogP contribution in [-0.4, -0.2) is 193 Å². The Morgan fingerprint density at radius 1 is 0.474 bits per heavy atom. The predicted octanol–water partition coefficient (Wildman–Crippen LogP) is 4.09. The Morgan fingerprint density at radius 2 is 0.882 bits per heavy atom. The standard InChI is InChI=1S/C57H99NO18/c1-3-5-7-9-11-13-15-17-18-19-20-21-23-25-27-29-31-33-35-45(63)58-40(41(62)34-32-30-28-26-24-22-16-14-12-10-8-6-4-2)39-71-55-51(69)48(66)53(43(37-60)73-55)76-57-52(70)49(67)54(44(38-61)74-57)75-56-50(68)47(65)46(64)42(36-59)72-56/h12-15,18-19,24,26,32,34,40-44,46-57,59-62,64-70H,3-11,16-17,20-23,25,27-31,33,35-39H2,1-2H3,(H,58,63)/b14-12+,15-13-,19-18-,26-24+,34-32+. The minimum atomic E-state index is -1.98. The highest BCUT2D eigenvalue weighted by molar-refractivity contribution is 5.76. The van der Waals surface area contributed by atoms with Crippen LogP contribution in [-0.2, 0) is 33.2 Å². The highest BCUT2D eigenvalue weighted by Crippen LogP contribution is 2.33. The number of aliphatic hydroxyl groups is 11. The number of allylic oxidation sites excluding steroid dienone is 9. The molecule has 12 N–H and O–H groups in total. The lowest BCUT2D eigenvalue weighted by Crippen LogP contribution is -2.66. The van der Waals surface area contributed by atoms with Gasteiger partial charge in [-0.1, -0.05) is 139 Å². The summed E-state index contributed by atoms with van der Waals surface area (Å²) in [6.45, 7) is 1.60. The lowest BCUT2D eigenvalue weighted by molar-refractivity contribution is -0.379. The van der Waals surface area contributed by atoms with Gasteiger partial charge >= 0.3 is 0 Å². The van der Waals surface area contributed by atoms with E-state index in [4.69, 9.17) is 28.4 Å². The Kier molecular flexibility index (Phi) is 36.2. The van der Waals surface area contributed by atoms with E-state index < -0.39 is 124 Å². The van der Waals surface area contributed by atoms with Crippen LogP contribution in [0.25, 0.3) is 0 Å². The van der Waals surface area contributed by atoms with E-state index in [0.29, 0.717) is 12.8 Å². The first-order valence-corrected chi connectivity index (χ1v) is 28.5. The Balaban J connectivity index is 1.54. The summed E-state index contributed by atoms with van der Waals surface area (Å²) in [6, 6.07) is -1.00. The lowest BCUT2D eigenvalue weighted by Gasteiger charge is -2.48. The second-order valence-corrected chi connectivity index (χ2v) is 20.4. The van der Waals surface area contributed by atoms with Crippen molar-refractivity contribution in [3.05, 3.63) is 60.8 Å². The molecule has 0 radical (unpaired) electrons. The lowest BCUT2D eigenvalue weighted by atomic mass is 9.96. The zero-order valence-electron chi connectivity index (χ0n) is 45.5. The molecule has 76 heavy (non-hydrogen) atoms. The third-order valence-corrected chi connectivity index (χ3v) is 14.0. The number of ether oxygens (including phenoxy) is 6. The molecule has 0 spiro atoms. The van der Waals surface area contributed by atoms with Crippen molar-refractivity contribution >= 4 is 5.91 Å². The van der Waals surface area contributed by atoms with Crippen LogP contribution in [0.4, 0.5) is 0 Å². The third-order valence-electron chi connectivity index (χ3n) is 14.0. The molecule has 3 heterocycles. The van der Waals surface area contributed by atoms with Crippen molar-refractivity contribution in [1.82, 2.24) is 5.32 Å². The van der Waals surface area contributed by atoms with Crippen LogP contribution in [0.3, 0.4) is 0 Å². The van der Waals surface area contributed by atoms with E-state index >= 15 is 0 Å². The number of hydrogen-bond donors (Lipinski definition) is 12. The summed E-state index contributed by atoms with van der Waals surface area (Å²) >= 11 is 0. The summed E-state index contributed by atoms with van der Waals surface area (Å²) in [5.74, 6) is -0.302. The van der Waals surface area contributed by atoms with Crippen LogP contribution in [0.15, 0.2) is 60.8 Å². The van der Waals surface area contributed by atoms with Crippen LogP contribution in [0.5, 0.6) is 0 Å². The van der Waals surface area contributed by atoms with Crippen molar-refractivity contribution in [2.75, 3.05) is 26.4 Å². The smallest absolute Gasteiger partial charge is 0.220 e. The number of carbonyl (C=O) groups is 1. The van der Waals surface area contributed by atoms with Gasteiger partial charge in [0.05, 0.1) is 38.6 Å². The van der Waals surface area contributed by atoms with Crippen LogP contribution in [0.1, 0.15) is 162 Å². The molecule has 19 heteroatoms. The van der Waals surface area contributed by atoms with Gasteiger partial charge < -0.3 is 89.9 Å². The first-order valence-electron chi connectivity index (χ1n) is 28.5. The van der Waals surface area contributed by atoms with Crippen molar-refractivity contribution in [3.63, 3.8) is 0 Å². The Labute approximate surface area is 452 Å². The molecule has 0 bridgehead atoms. The summed E-state index contributed by atoms with van der Waals surface area (Å²) in [5, 5.41) is 120. The molecule has 0 aliphatic carbocycles. The molecule has 0 aromatic rings.